The lowest BCUT2D eigenvalue weighted by Crippen LogP contribution is -2.24. The second kappa shape index (κ2) is 6.04. The maximum atomic E-state index is 13.2. The van der Waals surface area contributed by atoms with E-state index in [2.05, 4.69) is 10.3 Å². The topological polar surface area (TPSA) is 62.0 Å². The van der Waals surface area contributed by atoms with Crippen LogP contribution in [-0.2, 0) is 6.18 Å². The summed E-state index contributed by atoms with van der Waals surface area (Å²) >= 11 is 0. The van der Waals surface area contributed by atoms with Crippen molar-refractivity contribution in [3.8, 4) is 0 Å². The minimum Gasteiger partial charge on any atom is -0.321 e. The van der Waals surface area contributed by atoms with Crippen LogP contribution in [0.15, 0.2) is 53.3 Å². The number of hydrogen-bond donors (Lipinski definition) is 2. The van der Waals surface area contributed by atoms with Gasteiger partial charge in [-0.15, -0.1) is 0 Å². The van der Waals surface area contributed by atoms with Crippen LogP contribution in [0.5, 0.6) is 0 Å². The van der Waals surface area contributed by atoms with E-state index < -0.39 is 34.7 Å². The summed E-state index contributed by atoms with van der Waals surface area (Å²) in [6, 6.07) is 9.20. The Morgan fingerprint density at radius 2 is 1.76 bits per heavy atom. The summed E-state index contributed by atoms with van der Waals surface area (Å²) in [6.07, 6.45) is -4.66. The second-order valence-electron chi connectivity index (χ2n) is 5.24. The number of alkyl halides is 3. The first-order valence-electron chi connectivity index (χ1n) is 7.06. The number of fused-ring (bicyclic) bond motifs is 1. The molecule has 0 radical (unpaired) electrons. The highest BCUT2D eigenvalue weighted by Crippen LogP contribution is 2.34. The van der Waals surface area contributed by atoms with Crippen molar-refractivity contribution in [2.75, 3.05) is 5.32 Å². The van der Waals surface area contributed by atoms with Gasteiger partial charge in [0.2, 0.25) is 0 Å². The summed E-state index contributed by atoms with van der Waals surface area (Å²) in [7, 11) is 0. The highest BCUT2D eigenvalue weighted by atomic mass is 19.4. The summed E-state index contributed by atoms with van der Waals surface area (Å²) in [5, 5.41) is 2.47. The van der Waals surface area contributed by atoms with Crippen molar-refractivity contribution >= 4 is 22.5 Å². The van der Waals surface area contributed by atoms with Crippen LogP contribution >= 0.6 is 0 Å². The molecule has 0 saturated heterocycles. The van der Waals surface area contributed by atoms with Gasteiger partial charge in [0.25, 0.3) is 11.5 Å². The number of aromatic nitrogens is 1. The minimum absolute atomic E-state index is 0.178. The SMILES string of the molecule is O=C(Nc1ccccc1C(F)(F)F)c1cc2ccc(F)cc2[nH]c1=O. The molecule has 3 rings (SSSR count). The van der Waals surface area contributed by atoms with Crippen LogP contribution in [0.25, 0.3) is 10.9 Å². The Morgan fingerprint density at radius 1 is 1.04 bits per heavy atom. The van der Waals surface area contributed by atoms with Crippen molar-refractivity contribution in [1.29, 1.82) is 0 Å². The van der Waals surface area contributed by atoms with Crippen molar-refractivity contribution < 1.29 is 22.4 Å². The van der Waals surface area contributed by atoms with E-state index in [1.54, 1.807) is 0 Å². The number of H-pyrrole nitrogens is 1. The van der Waals surface area contributed by atoms with Crippen molar-refractivity contribution in [3.05, 3.63) is 75.8 Å². The Balaban J connectivity index is 2.00. The molecule has 0 spiro atoms. The molecule has 0 aliphatic heterocycles. The zero-order valence-electron chi connectivity index (χ0n) is 12.4. The maximum Gasteiger partial charge on any atom is 0.418 e. The summed E-state index contributed by atoms with van der Waals surface area (Å²) in [4.78, 5) is 26.6. The number of hydrogen-bond acceptors (Lipinski definition) is 2. The lowest BCUT2D eigenvalue weighted by molar-refractivity contribution is -0.136. The Bertz CT molecular complexity index is 1030. The van der Waals surface area contributed by atoms with Crippen LogP contribution in [0.2, 0.25) is 0 Å². The Morgan fingerprint density at radius 3 is 2.48 bits per heavy atom. The van der Waals surface area contributed by atoms with Crippen molar-refractivity contribution in [3.63, 3.8) is 0 Å². The highest BCUT2D eigenvalue weighted by Gasteiger charge is 2.33. The highest BCUT2D eigenvalue weighted by molar-refractivity contribution is 6.06. The molecule has 0 aliphatic rings. The molecule has 0 saturated carbocycles. The van der Waals surface area contributed by atoms with E-state index in [0.717, 1.165) is 24.3 Å². The van der Waals surface area contributed by atoms with E-state index in [-0.39, 0.29) is 11.1 Å². The molecular formula is C17H10F4N2O2. The standard InChI is InChI=1S/C17H10F4N2O2/c18-10-6-5-9-7-11(16(25)23-14(9)8-10)15(24)22-13-4-2-1-3-12(13)17(19,20)21/h1-8H,(H,22,24)(H,23,25). The minimum atomic E-state index is -4.66. The van der Waals surface area contributed by atoms with Gasteiger partial charge in [0, 0.05) is 0 Å². The van der Waals surface area contributed by atoms with E-state index in [9.17, 15) is 27.2 Å². The second-order valence-corrected chi connectivity index (χ2v) is 5.24. The fourth-order valence-corrected chi connectivity index (χ4v) is 2.37. The molecule has 2 aromatic carbocycles. The average Bonchev–Trinajstić information content (AvgIpc) is 2.53. The van der Waals surface area contributed by atoms with Gasteiger partial charge in [-0.3, -0.25) is 9.59 Å². The van der Waals surface area contributed by atoms with Gasteiger partial charge in [-0.2, -0.15) is 13.2 Å². The number of amides is 1. The lowest BCUT2D eigenvalue weighted by Gasteiger charge is -2.13. The number of halogens is 4. The molecule has 2 N–H and O–H groups in total. The number of pyridine rings is 1. The lowest BCUT2D eigenvalue weighted by atomic mass is 10.1. The Kier molecular flexibility index (Phi) is 4.03. The molecule has 0 bridgehead atoms. The number of anilines is 1. The third-order valence-corrected chi connectivity index (χ3v) is 3.53. The number of carbonyl (C=O) groups is 1. The van der Waals surface area contributed by atoms with Crippen LogP contribution in [-0.4, -0.2) is 10.9 Å². The maximum absolute atomic E-state index is 13.2. The normalized spacial score (nSPS) is 11.5. The first-order valence-corrected chi connectivity index (χ1v) is 7.06. The fourth-order valence-electron chi connectivity index (χ4n) is 2.37. The largest absolute Gasteiger partial charge is 0.418 e. The third kappa shape index (κ3) is 3.37. The number of carbonyl (C=O) groups excluding carboxylic acids is 1. The number of benzene rings is 2. The molecule has 128 valence electrons. The molecule has 1 aromatic heterocycles. The zero-order valence-corrected chi connectivity index (χ0v) is 12.4. The molecule has 0 aliphatic carbocycles. The average molecular weight is 350 g/mol. The molecule has 8 heteroatoms. The zero-order chi connectivity index (χ0) is 18.2. The molecule has 0 fully saturated rings. The van der Waals surface area contributed by atoms with Crippen molar-refractivity contribution in [2.45, 2.75) is 6.18 Å². The third-order valence-electron chi connectivity index (χ3n) is 3.53. The van der Waals surface area contributed by atoms with Crippen LogP contribution in [0.1, 0.15) is 15.9 Å². The summed E-state index contributed by atoms with van der Waals surface area (Å²) in [5.74, 6) is -1.57. The van der Waals surface area contributed by atoms with Gasteiger partial charge in [0.1, 0.15) is 11.4 Å². The molecule has 25 heavy (non-hydrogen) atoms. The monoisotopic (exact) mass is 350 g/mol. The summed E-state index contributed by atoms with van der Waals surface area (Å²) < 4.78 is 52.1. The number of aromatic amines is 1. The predicted molar refractivity (Wildman–Crippen MR) is 83.9 cm³/mol. The van der Waals surface area contributed by atoms with Crippen LogP contribution < -0.4 is 10.9 Å². The molecule has 1 amide bonds. The first kappa shape index (κ1) is 16.7. The van der Waals surface area contributed by atoms with Crippen molar-refractivity contribution in [1.82, 2.24) is 4.98 Å². The van der Waals surface area contributed by atoms with Gasteiger partial charge in [0.05, 0.1) is 16.8 Å². The fraction of sp³-hybridized carbons (Fsp3) is 0.0588. The van der Waals surface area contributed by atoms with Gasteiger partial charge >= 0.3 is 6.18 Å². The Hall–Kier alpha value is -3.16. The van der Waals surface area contributed by atoms with Crippen LogP contribution in [0, 0.1) is 5.82 Å². The van der Waals surface area contributed by atoms with Crippen LogP contribution in [0.3, 0.4) is 0 Å². The van der Waals surface area contributed by atoms with Crippen LogP contribution in [0.4, 0.5) is 23.2 Å². The van der Waals surface area contributed by atoms with Crippen molar-refractivity contribution in [2.24, 2.45) is 0 Å². The Labute approximate surface area is 138 Å². The van der Waals surface area contributed by atoms with E-state index in [1.807, 2.05) is 0 Å². The molecular weight excluding hydrogens is 340 g/mol. The van der Waals surface area contributed by atoms with Gasteiger partial charge in [-0.1, -0.05) is 12.1 Å². The molecule has 1 heterocycles. The van der Waals surface area contributed by atoms with Gasteiger partial charge in [0.15, 0.2) is 0 Å². The summed E-state index contributed by atoms with van der Waals surface area (Å²) in [6.45, 7) is 0. The predicted octanol–water partition coefficient (Wildman–Crippen LogP) is 3.94. The van der Waals surface area contributed by atoms with Gasteiger partial charge in [-0.25, -0.2) is 4.39 Å². The quantitative estimate of drug-likeness (QED) is 0.688. The first-order chi connectivity index (χ1) is 11.8. The van der Waals surface area contributed by atoms with E-state index >= 15 is 0 Å². The smallest absolute Gasteiger partial charge is 0.321 e. The number of nitrogens with one attached hydrogen (secondary N) is 2. The number of para-hydroxylation sites is 1. The molecule has 4 nitrogen and oxygen atoms in total. The molecule has 0 unspecified atom stereocenters. The number of rotatable bonds is 2. The van der Waals surface area contributed by atoms with Gasteiger partial charge in [-0.05, 0) is 41.8 Å². The summed E-state index contributed by atoms with van der Waals surface area (Å²) in [5.41, 5.74) is -2.52. The van der Waals surface area contributed by atoms with E-state index in [1.165, 1.54) is 24.3 Å². The molecule has 3 aromatic rings. The van der Waals surface area contributed by atoms with E-state index in [4.69, 9.17) is 0 Å². The molecule has 0 atom stereocenters. The van der Waals surface area contributed by atoms with E-state index in [0.29, 0.717) is 5.39 Å². The van der Waals surface area contributed by atoms with Gasteiger partial charge < -0.3 is 10.3 Å².